The number of aliphatic hydroxyl groups is 1. The highest BCUT2D eigenvalue weighted by Crippen LogP contribution is 2.23. The molecular weight excluding hydrogens is 232 g/mol. The van der Waals surface area contributed by atoms with Crippen molar-refractivity contribution in [3.8, 4) is 5.75 Å². The third-order valence-electron chi connectivity index (χ3n) is 2.71. The van der Waals surface area contributed by atoms with Gasteiger partial charge in [0.15, 0.2) is 0 Å². The maximum Gasteiger partial charge on any atom is 0.254 e. The number of anilines is 1. The van der Waals surface area contributed by atoms with Crippen LogP contribution in [0.5, 0.6) is 5.75 Å². The first-order valence-electron chi connectivity index (χ1n) is 5.86. The Hall–Kier alpha value is -1.75. The van der Waals surface area contributed by atoms with Crippen molar-refractivity contribution < 1.29 is 14.6 Å². The molecule has 0 aromatic heterocycles. The molecule has 1 rings (SSSR count). The molecule has 18 heavy (non-hydrogen) atoms. The van der Waals surface area contributed by atoms with Crippen molar-refractivity contribution in [2.75, 3.05) is 26.0 Å². The van der Waals surface area contributed by atoms with Gasteiger partial charge in [-0.15, -0.1) is 0 Å². The fraction of sp³-hybridized carbons (Fsp3) is 0.462. The van der Waals surface area contributed by atoms with E-state index in [1.165, 1.54) is 7.11 Å². The Bertz CT molecular complexity index is 419. The van der Waals surface area contributed by atoms with Crippen molar-refractivity contribution in [2.24, 2.45) is 0 Å². The molecule has 0 saturated heterocycles. The van der Waals surface area contributed by atoms with Gasteiger partial charge < -0.3 is 20.5 Å². The topological polar surface area (TPSA) is 75.8 Å². The molecule has 100 valence electrons. The van der Waals surface area contributed by atoms with E-state index in [9.17, 15) is 4.79 Å². The van der Waals surface area contributed by atoms with Gasteiger partial charge in [0.1, 0.15) is 5.75 Å². The zero-order valence-corrected chi connectivity index (χ0v) is 11.0. The average molecular weight is 252 g/mol. The van der Waals surface area contributed by atoms with Crippen molar-refractivity contribution in [3.63, 3.8) is 0 Å². The Balaban J connectivity index is 3.01. The number of methoxy groups -OCH3 is 1. The maximum atomic E-state index is 12.3. The third-order valence-corrected chi connectivity index (χ3v) is 2.71. The van der Waals surface area contributed by atoms with Crippen molar-refractivity contribution in [1.82, 2.24) is 4.90 Å². The number of carbonyl (C=O) groups excluding carboxylic acids is 1. The van der Waals surface area contributed by atoms with E-state index in [2.05, 4.69) is 0 Å². The molecule has 0 aliphatic rings. The number of nitrogens with zero attached hydrogens (tertiary/aromatic N) is 1. The second-order valence-corrected chi connectivity index (χ2v) is 4.27. The van der Waals surface area contributed by atoms with Gasteiger partial charge in [-0.05, 0) is 32.0 Å². The predicted molar refractivity (Wildman–Crippen MR) is 70.7 cm³/mol. The molecule has 1 aromatic rings. The van der Waals surface area contributed by atoms with E-state index in [1.54, 1.807) is 23.1 Å². The Labute approximate surface area is 107 Å². The molecule has 5 heteroatoms. The van der Waals surface area contributed by atoms with Crippen LogP contribution in [-0.2, 0) is 0 Å². The van der Waals surface area contributed by atoms with E-state index in [1.807, 2.05) is 13.8 Å². The normalized spacial score (nSPS) is 10.5. The molecule has 0 radical (unpaired) electrons. The zero-order chi connectivity index (χ0) is 13.7. The van der Waals surface area contributed by atoms with E-state index < -0.39 is 0 Å². The number of nitrogen functional groups attached to an aromatic ring is 1. The quantitative estimate of drug-likeness (QED) is 0.770. The van der Waals surface area contributed by atoms with Crippen LogP contribution in [0.3, 0.4) is 0 Å². The Morgan fingerprint density at radius 2 is 2.17 bits per heavy atom. The van der Waals surface area contributed by atoms with E-state index in [0.29, 0.717) is 23.5 Å². The van der Waals surface area contributed by atoms with Gasteiger partial charge in [0.25, 0.3) is 5.91 Å². The molecule has 0 aliphatic heterocycles. The number of hydrogen-bond donors (Lipinski definition) is 2. The first-order chi connectivity index (χ1) is 8.51. The van der Waals surface area contributed by atoms with Crippen LogP contribution in [0.1, 0.15) is 24.2 Å². The summed E-state index contributed by atoms with van der Waals surface area (Å²) in [6.45, 7) is 4.06. The van der Waals surface area contributed by atoms with Crippen LogP contribution < -0.4 is 10.5 Å². The Kier molecular flexibility index (Phi) is 4.97. The second kappa shape index (κ2) is 6.26. The number of amides is 1. The number of rotatable bonds is 5. The van der Waals surface area contributed by atoms with Gasteiger partial charge in [0.2, 0.25) is 0 Å². The summed E-state index contributed by atoms with van der Waals surface area (Å²) in [5, 5.41) is 8.99. The van der Waals surface area contributed by atoms with Crippen molar-refractivity contribution in [2.45, 2.75) is 19.9 Å². The summed E-state index contributed by atoms with van der Waals surface area (Å²) in [6, 6.07) is 4.94. The highest BCUT2D eigenvalue weighted by atomic mass is 16.5. The van der Waals surface area contributed by atoms with E-state index >= 15 is 0 Å². The van der Waals surface area contributed by atoms with E-state index in [4.69, 9.17) is 15.6 Å². The van der Waals surface area contributed by atoms with Crippen LogP contribution in [0.2, 0.25) is 0 Å². The third kappa shape index (κ3) is 3.13. The lowest BCUT2D eigenvalue weighted by Crippen LogP contribution is -2.39. The van der Waals surface area contributed by atoms with Gasteiger partial charge in [-0.2, -0.15) is 0 Å². The standard InChI is InChI=1S/C13H20N2O3/c1-9(2)15(6-7-16)13(17)10-4-5-11(14)12(8-10)18-3/h4-5,8-9,16H,6-7,14H2,1-3H3. The van der Waals surface area contributed by atoms with E-state index in [-0.39, 0.29) is 18.6 Å². The molecule has 0 saturated carbocycles. The number of aliphatic hydroxyl groups excluding tert-OH is 1. The molecule has 1 aromatic carbocycles. The average Bonchev–Trinajstić information content (AvgIpc) is 2.35. The monoisotopic (exact) mass is 252 g/mol. The van der Waals surface area contributed by atoms with E-state index in [0.717, 1.165) is 0 Å². The summed E-state index contributed by atoms with van der Waals surface area (Å²) in [5.41, 5.74) is 6.70. The number of benzene rings is 1. The number of nitrogens with two attached hydrogens (primary N) is 1. The summed E-state index contributed by atoms with van der Waals surface area (Å²) in [6.07, 6.45) is 0. The summed E-state index contributed by atoms with van der Waals surface area (Å²) in [7, 11) is 1.51. The summed E-state index contributed by atoms with van der Waals surface area (Å²) < 4.78 is 5.09. The molecule has 1 amide bonds. The lowest BCUT2D eigenvalue weighted by atomic mass is 10.1. The molecule has 3 N–H and O–H groups in total. The van der Waals surface area contributed by atoms with Gasteiger partial charge in [0, 0.05) is 18.2 Å². The molecule has 5 nitrogen and oxygen atoms in total. The van der Waals surface area contributed by atoms with Crippen LogP contribution >= 0.6 is 0 Å². The zero-order valence-electron chi connectivity index (χ0n) is 11.0. The minimum absolute atomic E-state index is 0.0215. The lowest BCUT2D eigenvalue weighted by molar-refractivity contribution is 0.0665. The molecule has 0 fully saturated rings. The van der Waals surface area contributed by atoms with Crippen molar-refractivity contribution in [3.05, 3.63) is 23.8 Å². The van der Waals surface area contributed by atoms with Gasteiger partial charge in [0.05, 0.1) is 19.4 Å². The highest BCUT2D eigenvalue weighted by molar-refractivity contribution is 5.95. The van der Waals surface area contributed by atoms with Crippen LogP contribution in [0.25, 0.3) is 0 Å². The fourth-order valence-electron chi connectivity index (χ4n) is 1.71. The van der Waals surface area contributed by atoms with Crippen LogP contribution in [0.4, 0.5) is 5.69 Å². The van der Waals surface area contributed by atoms with Crippen LogP contribution in [0.15, 0.2) is 18.2 Å². The number of carbonyl (C=O) groups is 1. The molecule has 0 bridgehead atoms. The maximum absolute atomic E-state index is 12.3. The number of hydrogen-bond acceptors (Lipinski definition) is 4. The Morgan fingerprint density at radius 1 is 1.50 bits per heavy atom. The van der Waals surface area contributed by atoms with Crippen molar-refractivity contribution in [1.29, 1.82) is 0 Å². The minimum atomic E-state index is -0.141. The smallest absolute Gasteiger partial charge is 0.254 e. The molecule has 0 unspecified atom stereocenters. The highest BCUT2D eigenvalue weighted by Gasteiger charge is 2.19. The molecular formula is C13H20N2O3. The van der Waals surface area contributed by atoms with Gasteiger partial charge >= 0.3 is 0 Å². The summed E-state index contributed by atoms with van der Waals surface area (Å²) >= 11 is 0. The summed E-state index contributed by atoms with van der Waals surface area (Å²) in [5.74, 6) is 0.339. The Morgan fingerprint density at radius 3 is 2.67 bits per heavy atom. The number of ether oxygens (including phenoxy) is 1. The summed E-state index contributed by atoms with van der Waals surface area (Å²) in [4.78, 5) is 13.9. The molecule has 0 spiro atoms. The first kappa shape index (κ1) is 14.3. The van der Waals surface area contributed by atoms with Crippen LogP contribution in [-0.4, -0.2) is 42.2 Å². The molecule has 0 aliphatic carbocycles. The predicted octanol–water partition coefficient (Wildman–Crippen LogP) is 1.12. The van der Waals surface area contributed by atoms with Crippen molar-refractivity contribution >= 4 is 11.6 Å². The van der Waals surface area contributed by atoms with Gasteiger partial charge in [-0.1, -0.05) is 0 Å². The molecule has 0 atom stereocenters. The van der Waals surface area contributed by atoms with Gasteiger partial charge in [-0.3, -0.25) is 4.79 Å². The largest absolute Gasteiger partial charge is 0.495 e. The first-order valence-corrected chi connectivity index (χ1v) is 5.86. The fourth-order valence-corrected chi connectivity index (χ4v) is 1.71. The SMILES string of the molecule is COc1cc(C(=O)N(CCO)C(C)C)ccc1N. The van der Waals surface area contributed by atoms with Crippen LogP contribution in [0, 0.1) is 0 Å². The minimum Gasteiger partial charge on any atom is -0.495 e. The second-order valence-electron chi connectivity index (χ2n) is 4.27. The molecule has 0 heterocycles. The lowest BCUT2D eigenvalue weighted by Gasteiger charge is -2.26. The van der Waals surface area contributed by atoms with Gasteiger partial charge in [-0.25, -0.2) is 0 Å².